The van der Waals surface area contributed by atoms with Crippen molar-refractivity contribution in [2.24, 2.45) is 0 Å². The molecule has 3 aromatic rings. The maximum atomic E-state index is 12.5. The Morgan fingerprint density at radius 3 is 2.57 bits per heavy atom. The van der Waals surface area contributed by atoms with Crippen LogP contribution in [0.15, 0.2) is 42.9 Å². The van der Waals surface area contributed by atoms with Gasteiger partial charge in [0.25, 0.3) is 0 Å². The summed E-state index contributed by atoms with van der Waals surface area (Å²) in [6.45, 7) is 0. The van der Waals surface area contributed by atoms with Crippen LogP contribution in [0.3, 0.4) is 0 Å². The number of carbonyl (C=O) groups excluding carboxylic acids is 1. The summed E-state index contributed by atoms with van der Waals surface area (Å²) in [5, 5.41) is 1.73. The molecule has 0 saturated carbocycles. The lowest BCUT2D eigenvalue weighted by Gasteiger charge is -2.11. The smallest absolute Gasteiger partial charge is 0.211 e. The van der Waals surface area contributed by atoms with Gasteiger partial charge < -0.3 is 14.5 Å². The molecule has 0 atom stereocenters. The van der Waals surface area contributed by atoms with Gasteiger partial charge in [-0.05, 0) is 22.9 Å². The zero-order valence-corrected chi connectivity index (χ0v) is 11.7. The van der Waals surface area contributed by atoms with Crippen molar-refractivity contribution in [1.82, 2.24) is 9.97 Å². The highest BCUT2D eigenvalue weighted by Crippen LogP contribution is 2.34. The predicted molar refractivity (Wildman–Crippen MR) is 79.1 cm³/mol. The van der Waals surface area contributed by atoms with Crippen molar-refractivity contribution in [3.8, 4) is 11.5 Å². The Morgan fingerprint density at radius 2 is 1.90 bits per heavy atom. The number of hydrogen-bond donors (Lipinski definition) is 1. The van der Waals surface area contributed by atoms with E-state index < -0.39 is 0 Å². The molecule has 0 spiro atoms. The molecule has 21 heavy (non-hydrogen) atoms. The quantitative estimate of drug-likeness (QED) is 0.747. The SMILES string of the molecule is COc1cc2cccc(C(=O)c3cnc[nH]3)c2cc1OC. The first-order valence-electron chi connectivity index (χ1n) is 6.42. The lowest BCUT2D eigenvalue weighted by molar-refractivity contribution is 0.103. The van der Waals surface area contributed by atoms with E-state index in [1.165, 1.54) is 12.5 Å². The second-order valence-electron chi connectivity index (χ2n) is 4.53. The van der Waals surface area contributed by atoms with E-state index in [1.807, 2.05) is 24.3 Å². The summed E-state index contributed by atoms with van der Waals surface area (Å²) >= 11 is 0. The molecule has 5 nitrogen and oxygen atoms in total. The minimum absolute atomic E-state index is 0.106. The molecule has 0 aliphatic carbocycles. The third kappa shape index (κ3) is 2.23. The van der Waals surface area contributed by atoms with Gasteiger partial charge in [0.05, 0.1) is 26.7 Å². The fraction of sp³-hybridized carbons (Fsp3) is 0.125. The molecule has 1 aromatic heterocycles. The zero-order chi connectivity index (χ0) is 14.8. The summed E-state index contributed by atoms with van der Waals surface area (Å²) in [7, 11) is 3.16. The van der Waals surface area contributed by atoms with E-state index in [9.17, 15) is 4.79 Å². The van der Waals surface area contributed by atoms with Gasteiger partial charge in [-0.3, -0.25) is 4.79 Å². The monoisotopic (exact) mass is 282 g/mol. The van der Waals surface area contributed by atoms with Crippen LogP contribution in [0, 0.1) is 0 Å². The fourth-order valence-electron chi connectivity index (χ4n) is 2.33. The van der Waals surface area contributed by atoms with E-state index in [2.05, 4.69) is 9.97 Å². The molecule has 106 valence electrons. The average Bonchev–Trinajstić information content (AvgIpc) is 3.06. The summed E-state index contributed by atoms with van der Waals surface area (Å²) in [5.41, 5.74) is 1.05. The van der Waals surface area contributed by atoms with Gasteiger partial charge in [0.15, 0.2) is 11.5 Å². The van der Waals surface area contributed by atoms with Crippen LogP contribution in [-0.2, 0) is 0 Å². The van der Waals surface area contributed by atoms with Gasteiger partial charge in [-0.25, -0.2) is 4.98 Å². The van der Waals surface area contributed by atoms with E-state index in [4.69, 9.17) is 9.47 Å². The normalized spacial score (nSPS) is 10.6. The number of imidazole rings is 1. The number of benzene rings is 2. The molecule has 0 amide bonds. The number of fused-ring (bicyclic) bond motifs is 1. The lowest BCUT2D eigenvalue weighted by Crippen LogP contribution is -2.03. The van der Waals surface area contributed by atoms with Crippen LogP contribution in [0.25, 0.3) is 10.8 Å². The van der Waals surface area contributed by atoms with Crippen molar-refractivity contribution < 1.29 is 14.3 Å². The molecule has 0 fully saturated rings. The first kappa shape index (κ1) is 13.2. The molecular weight excluding hydrogens is 268 g/mol. The lowest BCUT2D eigenvalue weighted by atomic mass is 9.99. The highest BCUT2D eigenvalue weighted by atomic mass is 16.5. The van der Waals surface area contributed by atoms with Gasteiger partial charge in [-0.1, -0.05) is 18.2 Å². The van der Waals surface area contributed by atoms with E-state index >= 15 is 0 Å². The maximum absolute atomic E-state index is 12.5. The number of ketones is 1. The molecule has 0 bridgehead atoms. The summed E-state index contributed by atoms with van der Waals surface area (Å²) < 4.78 is 10.6. The van der Waals surface area contributed by atoms with Crippen molar-refractivity contribution in [3.63, 3.8) is 0 Å². The van der Waals surface area contributed by atoms with Gasteiger partial charge in [-0.15, -0.1) is 0 Å². The van der Waals surface area contributed by atoms with Crippen molar-refractivity contribution in [3.05, 3.63) is 54.1 Å². The minimum Gasteiger partial charge on any atom is -0.493 e. The van der Waals surface area contributed by atoms with Crippen LogP contribution in [0.2, 0.25) is 0 Å². The first-order valence-corrected chi connectivity index (χ1v) is 6.42. The Kier molecular flexibility index (Phi) is 3.31. The van der Waals surface area contributed by atoms with E-state index in [1.54, 1.807) is 20.3 Å². The van der Waals surface area contributed by atoms with E-state index in [-0.39, 0.29) is 5.78 Å². The van der Waals surface area contributed by atoms with E-state index in [0.29, 0.717) is 22.8 Å². The highest BCUT2D eigenvalue weighted by Gasteiger charge is 2.15. The largest absolute Gasteiger partial charge is 0.493 e. The number of nitrogens with one attached hydrogen (secondary N) is 1. The van der Waals surface area contributed by atoms with Crippen molar-refractivity contribution in [2.45, 2.75) is 0 Å². The summed E-state index contributed by atoms with van der Waals surface area (Å²) in [4.78, 5) is 19.3. The number of methoxy groups -OCH3 is 2. The van der Waals surface area contributed by atoms with Crippen molar-refractivity contribution in [1.29, 1.82) is 0 Å². The standard InChI is InChI=1S/C16H14N2O3/c1-20-14-6-10-4-3-5-11(12(10)7-15(14)21-2)16(19)13-8-17-9-18-13/h3-9H,1-2H3,(H,17,18). The van der Waals surface area contributed by atoms with Crippen molar-refractivity contribution in [2.75, 3.05) is 14.2 Å². The summed E-state index contributed by atoms with van der Waals surface area (Å²) in [6, 6.07) is 9.24. The number of H-pyrrole nitrogens is 1. The molecule has 0 saturated heterocycles. The van der Waals surface area contributed by atoms with Crippen LogP contribution in [-0.4, -0.2) is 30.0 Å². The molecule has 3 rings (SSSR count). The highest BCUT2D eigenvalue weighted by molar-refractivity contribution is 6.15. The number of hydrogen-bond acceptors (Lipinski definition) is 4. The molecule has 0 radical (unpaired) electrons. The number of ether oxygens (including phenoxy) is 2. The summed E-state index contributed by atoms with van der Waals surface area (Å²) in [5.74, 6) is 1.12. The third-order valence-electron chi connectivity index (χ3n) is 3.37. The summed E-state index contributed by atoms with van der Waals surface area (Å²) in [6.07, 6.45) is 3.00. The fourth-order valence-corrected chi connectivity index (χ4v) is 2.33. The number of nitrogens with zero attached hydrogens (tertiary/aromatic N) is 1. The minimum atomic E-state index is -0.106. The van der Waals surface area contributed by atoms with Crippen LogP contribution in [0.4, 0.5) is 0 Å². The Balaban J connectivity index is 2.22. The van der Waals surface area contributed by atoms with E-state index in [0.717, 1.165) is 10.8 Å². The number of rotatable bonds is 4. The molecule has 0 aliphatic rings. The molecule has 0 unspecified atom stereocenters. The molecule has 1 heterocycles. The number of aromatic amines is 1. The number of carbonyl (C=O) groups is 1. The van der Waals surface area contributed by atoms with Gasteiger partial charge >= 0.3 is 0 Å². The zero-order valence-electron chi connectivity index (χ0n) is 11.7. The first-order chi connectivity index (χ1) is 10.2. The van der Waals surface area contributed by atoms with Gasteiger partial charge in [0.1, 0.15) is 5.69 Å². The molecule has 5 heteroatoms. The van der Waals surface area contributed by atoms with Crippen LogP contribution >= 0.6 is 0 Å². The Hall–Kier alpha value is -2.82. The maximum Gasteiger partial charge on any atom is 0.211 e. The van der Waals surface area contributed by atoms with Crippen LogP contribution in [0.1, 0.15) is 16.1 Å². The Labute approximate surface area is 121 Å². The molecule has 0 aliphatic heterocycles. The van der Waals surface area contributed by atoms with Crippen LogP contribution in [0.5, 0.6) is 11.5 Å². The van der Waals surface area contributed by atoms with Gasteiger partial charge in [0.2, 0.25) is 5.78 Å². The molecular formula is C16H14N2O3. The van der Waals surface area contributed by atoms with Gasteiger partial charge in [0, 0.05) is 5.56 Å². The molecule has 1 N–H and O–H groups in total. The predicted octanol–water partition coefficient (Wildman–Crippen LogP) is 2.81. The topological polar surface area (TPSA) is 64.2 Å². The van der Waals surface area contributed by atoms with Gasteiger partial charge in [-0.2, -0.15) is 0 Å². The number of aromatic nitrogens is 2. The Morgan fingerprint density at radius 1 is 1.14 bits per heavy atom. The second kappa shape index (κ2) is 5.28. The van der Waals surface area contributed by atoms with Crippen LogP contribution < -0.4 is 9.47 Å². The molecule has 2 aromatic carbocycles. The second-order valence-corrected chi connectivity index (χ2v) is 4.53. The average molecular weight is 282 g/mol. The Bertz CT molecular complexity index is 795. The third-order valence-corrected chi connectivity index (χ3v) is 3.37. The van der Waals surface area contributed by atoms with Crippen molar-refractivity contribution >= 4 is 16.6 Å².